The molecule has 5 atom stereocenters. The van der Waals surface area contributed by atoms with E-state index in [-0.39, 0.29) is 0 Å². The summed E-state index contributed by atoms with van der Waals surface area (Å²) >= 11 is 0. The fourth-order valence-corrected chi connectivity index (χ4v) is 2.94. The normalized spacial score (nSPS) is 26.8. The third kappa shape index (κ3) is 6.72. The van der Waals surface area contributed by atoms with E-state index >= 15 is 0 Å². The molecule has 1 saturated heterocycles. The van der Waals surface area contributed by atoms with Gasteiger partial charge in [-0.1, -0.05) is 5.11 Å². The topological polar surface area (TPSA) is 180 Å². The van der Waals surface area contributed by atoms with Crippen LogP contribution in [-0.2, 0) is 47.6 Å². The number of azide groups is 1. The highest BCUT2D eigenvalue weighted by Gasteiger charge is 2.56. The molecule has 1 rings (SSSR count). The van der Waals surface area contributed by atoms with Gasteiger partial charge in [0.25, 0.3) is 0 Å². The lowest BCUT2D eigenvalue weighted by Gasteiger charge is -2.43. The molecule has 17 heteroatoms. The minimum atomic E-state index is -6.29. The molecule has 13 nitrogen and oxygen atoms in total. The van der Waals surface area contributed by atoms with Gasteiger partial charge in [0.2, 0.25) is 0 Å². The summed E-state index contributed by atoms with van der Waals surface area (Å²) in [6, 6.07) is 0. The van der Waals surface area contributed by atoms with E-state index in [1.165, 1.54) is 0 Å². The number of halogens is 3. The second-order valence-electron chi connectivity index (χ2n) is 5.68. The minimum absolute atomic E-state index is 0.679. The predicted octanol–water partition coefficient (Wildman–Crippen LogP) is 0.683. The zero-order valence-corrected chi connectivity index (χ0v) is 16.4. The number of carbonyl (C=O) groups excluding carboxylic acids is 3. The quantitative estimate of drug-likeness (QED) is 0.0990. The summed E-state index contributed by atoms with van der Waals surface area (Å²) in [6.07, 6.45) is -9.86. The van der Waals surface area contributed by atoms with Crippen LogP contribution in [0.2, 0.25) is 0 Å². The van der Waals surface area contributed by atoms with Gasteiger partial charge in [-0.05, 0) is 5.53 Å². The van der Waals surface area contributed by atoms with Gasteiger partial charge >= 0.3 is 33.5 Å². The number of hydrogen-bond acceptors (Lipinski definition) is 11. The summed E-state index contributed by atoms with van der Waals surface area (Å²) in [5, 5.41) is 3.01. The molecule has 0 aromatic heterocycles. The van der Waals surface area contributed by atoms with E-state index in [0.717, 1.165) is 20.8 Å². The summed E-state index contributed by atoms with van der Waals surface area (Å²) in [7, 11) is -6.29. The molecule has 1 heterocycles. The van der Waals surface area contributed by atoms with E-state index in [1.54, 1.807) is 0 Å². The van der Waals surface area contributed by atoms with Crippen LogP contribution >= 0.6 is 0 Å². The molecule has 0 aromatic rings. The van der Waals surface area contributed by atoms with Crippen LogP contribution in [0.15, 0.2) is 5.11 Å². The van der Waals surface area contributed by atoms with Gasteiger partial charge in [-0.15, -0.1) is 0 Å². The number of esters is 3. The number of nitrogens with zero attached hydrogens (tertiary/aromatic N) is 3. The second-order valence-corrected chi connectivity index (χ2v) is 7.25. The number of rotatable bonds is 7. The zero-order valence-electron chi connectivity index (χ0n) is 15.6. The number of ether oxygens (including phenoxy) is 4. The fourth-order valence-electron chi connectivity index (χ4n) is 2.34. The average Bonchev–Trinajstić information content (AvgIpc) is 2.56. The lowest BCUT2D eigenvalue weighted by molar-refractivity contribution is -0.241. The van der Waals surface area contributed by atoms with Gasteiger partial charge in [-0.3, -0.25) is 18.6 Å². The molecule has 0 bridgehead atoms. The lowest BCUT2D eigenvalue weighted by Crippen LogP contribution is -2.62. The Kier molecular flexibility index (Phi) is 8.41. The molecule has 0 spiro atoms. The van der Waals surface area contributed by atoms with Gasteiger partial charge in [0.1, 0.15) is 18.8 Å². The SMILES string of the molecule is CC(=O)OC[C@H]1O[C@@H](N=[N+]=[N-])[C@@H](OS(=O)(=O)C(F)(F)F)[C@@H](OC(C)=O)[C@@H]1OC(C)=O. The zero-order chi connectivity index (χ0) is 23.3. The van der Waals surface area contributed by atoms with Crippen molar-refractivity contribution < 1.29 is 59.1 Å². The number of hydrogen-bond donors (Lipinski definition) is 0. The summed E-state index contributed by atoms with van der Waals surface area (Å²) in [5.74, 6) is -3.00. The Morgan fingerprint density at radius 3 is 2.00 bits per heavy atom. The van der Waals surface area contributed by atoms with Crippen molar-refractivity contribution in [1.29, 1.82) is 0 Å². The second kappa shape index (κ2) is 9.92. The van der Waals surface area contributed by atoms with E-state index in [0.29, 0.717) is 0 Å². The Balaban J connectivity index is 3.48. The Hall–Kier alpha value is -2.62. The van der Waals surface area contributed by atoms with Crippen LogP contribution in [0.3, 0.4) is 0 Å². The fraction of sp³-hybridized carbons (Fsp3) is 0.769. The first-order chi connectivity index (χ1) is 13.7. The van der Waals surface area contributed by atoms with E-state index < -0.39 is 70.8 Å². The van der Waals surface area contributed by atoms with E-state index in [1.807, 2.05) is 0 Å². The van der Waals surface area contributed by atoms with Crippen molar-refractivity contribution in [2.45, 2.75) is 56.9 Å². The van der Waals surface area contributed by atoms with Gasteiger partial charge in [-0.2, -0.15) is 21.6 Å². The number of alkyl halides is 3. The highest BCUT2D eigenvalue weighted by Crippen LogP contribution is 2.34. The molecule has 1 aliphatic rings. The maximum absolute atomic E-state index is 12.8. The van der Waals surface area contributed by atoms with Crippen molar-refractivity contribution >= 4 is 28.0 Å². The Morgan fingerprint density at radius 1 is 1.03 bits per heavy atom. The standard InChI is InChI=1S/C13H16F3N3O10S/c1-5(20)25-4-8-9(26-6(2)21)10(27-7(3)22)11(12(28-8)18-19-17)29-30(23,24)13(14,15)16/h8-12H,4H2,1-3H3/t8-,9-,10+,11+,12-/m1/s1. The Labute approximate surface area is 167 Å². The summed E-state index contributed by atoms with van der Waals surface area (Å²) < 4.78 is 84.9. The Bertz CT molecular complexity index is 827. The largest absolute Gasteiger partial charge is 0.523 e. The van der Waals surface area contributed by atoms with Crippen molar-refractivity contribution in [3.8, 4) is 0 Å². The van der Waals surface area contributed by atoms with Crippen LogP contribution in [0.25, 0.3) is 10.4 Å². The molecule has 0 saturated carbocycles. The molecule has 0 radical (unpaired) electrons. The van der Waals surface area contributed by atoms with E-state index in [9.17, 15) is 36.0 Å². The highest BCUT2D eigenvalue weighted by atomic mass is 32.2. The smallest absolute Gasteiger partial charge is 0.463 e. The molecule has 30 heavy (non-hydrogen) atoms. The van der Waals surface area contributed by atoms with Gasteiger partial charge < -0.3 is 18.9 Å². The van der Waals surface area contributed by atoms with Crippen LogP contribution < -0.4 is 0 Å². The monoisotopic (exact) mass is 463 g/mol. The van der Waals surface area contributed by atoms with Crippen LogP contribution in [0.1, 0.15) is 20.8 Å². The molecule has 1 aliphatic heterocycles. The molecule has 0 N–H and O–H groups in total. The van der Waals surface area contributed by atoms with Crippen molar-refractivity contribution in [2.75, 3.05) is 6.61 Å². The highest BCUT2D eigenvalue weighted by molar-refractivity contribution is 7.87. The molecular formula is C13H16F3N3O10S. The number of carbonyl (C=O) groups is 3. The van der Waals surface area contributed by atoms with Gasteiger partial charge in [-0.25, -0.2) is 0 Å². The molecule has 0 aliphatic carbocycles. The van der Waals surface area contributed by atoms with Crippen LogP contribution in [-0.4, -0.2) is 69.1 Å². The maximum atomic E-state index is 12.8. The first-order valence-corrected chi connectivity index (χ1v) is 9.27. The predicted molar refractivity (Wildman–Crippen MR) is 85.4 cm³/mol. The van der Waals surface area contributed by atoms with Crippen molar-refractivity contribution in [2.24, 2.45) is 5.11 Å². The van der Waals surface area contributed by atoms with Gasteiger partial charge in [0.15, 0.2) is 18.4 Å². The summed E-state index contributed by atoms with van der Waals surface area (Å²) in [6.45, 7) is 2.02. The minimum Gasteiger partial charge on any atom is -0.463 e. The third-order valence-electron chi connectivity index (χ3n) is 3.35. The first kappa shape index (κ1) is 25.4. The molecule has 0 amide bonds. The molecule has 0 aromatic carbocycles. The van der Waals surface area contributed by atoms with E-state index in [2.05, 4.69) is 14.2 Å². The molecule has 170 valence electrons. The summed E-state index contributed by atoms with van der Waals surface area (Å²) in [4.78, 5) is 36.3. The van der Waals surface area contributed by atoms with Crippen LogP contribution in [0, 0.1) is 0 Å². The van der Waals surface area contributed by atoms with Crippen molar-refractivity contribution in [3.63, 3.8) is 0 Å². The maximum Gasteiger partial charge on any atom is 0.523 e. The Morgan fingerprint density at radius 2 is 1.57 bits per heavy atom. The first-order valence-electron chi connectivity index (χ1n) is 7.86. The average molecular weight is 463 g/mol. The third-order valence-corrected chi connectivity index (χ3v) is 4.39. The summed E-state index contributed by atoms with van der Waals surface area (Å²) in [5.41, 5.74) is 2.76. The molecule has 1 fully saturated rings. The molecular weight excluding hydrogens is 447 g/mol. The lowest BCUT2D eigenvalue weighted by atomic mass is 9.98. The van der Waals surface area contributed by atoms with Crippen molar-refractivity contribution in [1.82, 2.24) is 0 Å². The van der Waals surface area contributed by atoms with Gasteiger partial charge in [0.05, 0.1) is 0 Å². The van der Waals surface area contributed by atoms with Crippen molar-refractivity contribution in [3.05, 3.63) is 10.4 Å². The van der Waals surface area contributed by atoms with E-state index in [4.69, 9.17) is 24.5 Å². The van der Waals surface area contributed by atoms with Gasteiger partial charge in [0, 0.05) is 25.7 Å². The van der Waals surface area contributed by atoms with Crippen LogP contribution in [0.4, 0.5) is 13.2 Å². The van der Waals surface area contributed by atoms with Crippen LogP contribution in [0.5, 0.6) is 0 Å². The molecule has 0 unspecified atom stereocenters.